The van der Waals surface area contributed by atoms with Crippen molar-refractivity contribution in [3.63, 3.8) is 0 Å². The summed E-state index contributed by atoms with van der Waals surface area (Å²) in [5.41, 5.74) is 6.53. The van der Waals surface area contributed by atoms with E-state index in [0.29, 0.717) is 5.71 Å². The number of anilines is 2. The topological polar surface area (TPSA) is 42.2 Å². The summed E-state index contributed by atoms with van der Waals surface area (Å²) in [5.74, 6) is 1.03. The molecule has 0 bridgehead atoms. The lowest BCUT2D eigenvalue weighted by atomic mass is 9.90. The number of para-hydroxylation sites is 1. The smallest absolute Gasteiger partial charge is 0.248 e. The van der Waals surface area contributed by atoms with Crippen LogP contribution >= 0.6 is 0 Å². The lowest BCUT2D eigenvalue weighted by molar-refractivity contribution is 0.651. The van der Waals surface area contributed by atoms with Crippen molar-refractivity contribution in [3.05, 3.63) is 133 Å². The Hall–Kier alpha value is -5.22. The summed E-state index contributed by atoms with van der Waals surface area (Å²) in [6.45, 7) is 0. The van der Waals surface area contributed by atoms with E-state index in [0.717, 1.165) is 44.6 Å². The van der Waals surface area contributed by atoms with Gasteiger partial charge in [-0.05, 0) is 51.4 Å². The summed E-state index contributed by atoms with van der Waals surface area (Å²) in [4.78, 5) is 13.0. The predicted molar refractivity (Wildman–Crippen MR) is 163 cm³/mol. The standard InChI is InChI=1S/C36H23N3O/c1-2-12-24-21-31-29(20-23(24)11-1)26-15-5-7-18-30(26)39(31)35-33(27-17-9-13-22-10-3-4-14-25(22)27)37-34-28-16-6-8-19-32(28)40-36(34)38-35/h1-21,26,30H. The third kappa shape index (κ3) is 3.02. The van der Waals surface area contributed by atoms with Crippen molar-refractivity contribution in [2.24, 2.45) is 0 Å². The van der Waals surface area contributed by atoms with Gasteiger partial charge in [0.1, 0.15) is 16.8 Å². The number of furan rings is 1. The van der Waals surface area contributed by atoms with Crippen molar-refractivity contribution in [2.75, 3.05) is 4.90 Å². The average Bonchev–Trinajstić information content (AvgIpc) is 3.53. The molecule has 1 aliphatic heterocycles. The zero-order chi connectivity index (χ0) is 26.2. The van der Waals surface area contributed by atoms with Crippen LogP contribution in [0.4, 0.5) is 11.5 Å². The average molecular weight is 514 g/mol. The maximum Gasteiger partial charge on any atom is 0.248 e. The number of benzene rings is 5. The van der Waals surface area contributed by atoms with E-state index in [9.17, 15) is 0 Å². The molecule has 0 saturated heterocycles. The third-order valence-corrected chi connectivity index (χ3v) is 8.38. The number of hydrogen-bond acceptors (Lipinski definition) is 4. The molecule has 9 rings (SSSR count). The highest BCUT2D eigenvalue weighted by Crippen LogP contribution is 2.51. The molecule has 1 aliphatic carbocycles. The molecule has 2 aliphatic rings. The molecule has 0 amide bonds. The third-order valence-electron chi connectivity index (χ3n) is 8.38. The van der Waals surface area contributed by atoms with Crippen molar-refractivity contribution in [1.82, 2.24) is 9.97 Å². The van der Waals surface area contributed by atoms with Crippen molar-refractivity contribution >= 4 is 55.2 Å². The Morgan fingerprint density at radius 3 is 2.27 bits per heavy atom. The molecule has 2 atom stereocenters. The van der Waals surface area contributed by atoms with Crippen LogP contribution in [0.5, 0.6) is 0 Å². The van der Waals surface area contributed by atoms with Crippen molar-refractivity contribution in [1.29, 1.82) is 0 Å². The van der Waals surface area contributed by atoms with Crippen LogP contribution in [-0.4, -0.2) is 16.0 Å². The van der Waals surface area contributed by atoms with Crippen LogP contribution in [0.1, 0.15) is 11.5 Å². The molecule has 0 radical (unpaired) electrons. The maximum atomic E-state index is 6.29. The number of hydrogen-bond donors (Lipinski definition) is 0. The van der Waals surface area contributed by atoms with E-state index >= 15 is 0 Å². The summed E-state index contributed by atoms with van der Waals surface area (Å²) in [7, 11) is 0. The van der Waals surface area contributed by atoms with Crippen molar-refractivity contribution in [2.45, 2.75) is 12.0 Å². The second-order valence-corrected chi connectivity index (χ2v) is 10.6. The molecule has 40 heavy (non-hydrogen) atoms. The lowest BCUT2D eigenvalue weighted by Crippen LogP contribution is -2.30. The first-order valence-electron chi connectivity index (χ1n) is 13.7. The Morgan fingerprint density at radius 2 is 1.38 bits per heavy atom. The van der Waals surface area contributed by atoms with Gasteiger partial charge in [-0.1, -0.05) is 103 Å². The molecule has 0 spiro atoms. The molecule has 0 fully saturated rings. The van der Waals surface area contributed by atoms with Crippen LogP contribution in [0.25, 0.3) is 55.0 Å². The normalized spacial score (nSPS) is 17.8. The number of fused-ring (bicyclic) bond motifs is 8. The summed E-state index contributed by atoms with van der Waals surface area (Å²) in [6.07, 6.45) is 8.89. The monoisotopic (exact) mass is 513 g/mol. The Kier molecular flexibility index (Phi) is 4.41. The molecule has 0 N–H and O–H groups in total. The van der Waals surface area contributed by atoms with Crippen LogP contribution in [0.15, 0.2) is 132 Å². The van der Waals surface area contributed by atoms with Gasteiger partial charge < -0.3 is 9.32 Å². The van der Waals surface area contributed by atoms with Gasteiger partial charge in [0.05, 0.1) is 6.04 Å². The van der Waals surface area contributed by atoms with Crippen LogP contribution in [0, 0.1) is 0 Å². The van der Waals surface area contributed by atoms with E-state index in [1.54, 1.807) is 0 Å². The van der Waals surface area contributed by atoms with Gasteiger partial charge in [0.15, 0.2) is 5.82 Å². The lowest BCUT2D eigenvalue weighted by Gasteiger charge is -2.29. The minimum Gasteiger partial charge on any atom is -0.436 e. The van der Waals surface area contributed by atoms with Gasteiger partial charge in [-0.2, -0.15) is 4.98 Å². The van der Waals surface area contributed by atoms with E-state index in [1.807, 2.05) is 18.2 Å². The first-order chi connectivity index (χ1) is 19.8. The van der Waals surface area contributed by atoms with Crippen LogP contribution in [-0.2, 0) is 0 Å². The summed E-state index contributed by atoms with van der Waals surface area (Å²) < 4.78 is 6.29. The largest absolute Gasteiger partial charge is 0.436 e. The van der Waals surface area contributed by atoms with Crippen LogP contribution in [0.3, 0.4) is 0 Å². The quantitative estimate of drug-likeness (QED) is 0.231. The molecule has 4 heteroatoms. The fourth-order valence-corrected chi connectivity index (χ4v) is 6.56. The van der Waals surface area contributed by atoms with Crippen molar-refractivity contribution < 1.29 is 4.42 Å². The van der Waals surface area contributed by atoms with E-state index in [2.05, 4.69) is 114 Å². The molecule has 4 nitrogen and oxygen atoms in total. The molecular weight excluding hydrogens is 490 g/mol. The maximum absolute atomic E-state index is 6.29. The van der Waals surface area contributed by atoms with Gasteiger partial charge in [0, 0.05) is 22.6 Å². The fraction of sp³-hybridized carbons (Fsp3) is 0.0556. The molecule has 0 saturated carbocycles. The number of nitrogens with zero attached hydrogens (tertiary/aromatic N) is 3. The van der Waals surface area contributed by atoms with Crippen molar-refractivity contribution in [3.8, 4) is 11.3 Å². The van der Waals surface area contributed by atoms with Gasteiger partial charge in [-0.15, -0.1) is 0 Å². The second-order valence-electron chi connectivity index (χ2n) is 10.6. The highest BCUT2D eigenvalue weighted by molar-refractivity contribution is 6.05. The van der Waals surface area contributed by atoms with Gasteiger partial charge >= 0.3 is 0 Å². The second kappa shape index (κ2) is 8.14. The number of aromatic nitrogens is 2. The summed E-state index contributed by atoms with van der Waals surface area (Å²) >= 11 is 0. The molecule has 188 valence electrons. The van der Waals surface area contributed by atoms with Gasteiger partial charge in [0.2, 0.25) is 5.71 Å². The van der Waals surface area contributed by atoms with E-state index in [4.69, 9.17) is 14.4 Å². The molecule has 2 aromatic heterocycles. The Morgan fingerprint density at radius 1 is 0.650 bits per heavy atom. The summed E-state index contributed by atoms with van der Waals surface area (Å²) in [6, 6.07) is 36.3. The molecule has 3 heterocycles. The van der Waals surface area contributed by atoms with Gasteiger partial charge in [-0.25, -0.2) is 4.98 Å². The minimum absolute atomic E-state index is 0.0849. The van der Waals surface area contributed by atoms with Gasteiger partial charge in [0.25, 0.3) is 0 Å². The zero-order valence-electron chi connectivity index (χ0n) is 21.5. The van der Waals surface area contributed by atoms with Crippen LogP contribution in [0.2, 0.25) is 0 Å². The first-order valence-corrected chi connectivity index (χ1v) is 13.7. The fourth-order valence-electron chi connectivity index (χ4n) is 6.56. The number of allylic oxidation sites excluding steroid dienone is 2. The predicted octanol–water partition coefficient (Wildman–Crippen LogP) is 9.08. The SMILES string of the molecule is C1=CC2c3cc4ccccc4cc3N(c3nc4oc5ccccc5c4nc3-c3cccc4ccccc34)C2C=C1. The number of rotatable bonds is 2. The highest BCUT2D eigenvalue weighted by atomic mass is 16.3. The molecule has 7 aromatic rings. The summed E-state index contributed by atoms with van der Waals surface area (Å²) in [5, 5.41) is 5.77. The molecule has 2 unspecified atom stereocenters. The molecular formula is C36H23N3O. The van der Waals surface area contributed by atoms with E-state index < -0.39 is 0 Å². The minimum atomic E-state index is 0.0849. The highest BCUT2D eigenvalue weighted by Gasteiger charge is 2.40. The first kappa shape index (κ1) is 21.7. The Balaban J connectivity index is 1.40. The Bertz CT molecular complexity index is 2200. The molecule has 5 aromatic carbocycles. The van der Waals surface area contributed by atoms with Gasteiger partial charge in [-0.3, -0.25) is 0 Å². The Labute approximate surface area is 230 Å². The van der Waals surface area contributed by atoms with E-state index in [1.165, 1.54) is 21.7 Å². The zero-order valence-corrected chi connectivity index (χ0v) is 21.5. The van der Waals surface area contributed by atoms with Crippen LogP contribution < -0.4 is 4.90 Å². The van der Waals surface area contributed by atoms with E-state index in [-0.39, 0.29) is 12.0 Å².